The molecule has 0 bridgehead atoms. The van der Waals surface area contributed by atoms with Crippen LogP contribution in [-0.4, -0.2) is 11.7 Å². The number of hydrogen-bond acceptors (Lipinski definition) is 2. The molecular formula is C16H16BrNO. The molecule has 2 nitrogen and oxygen atoms in total. The molecule has 0 aromatic heterocycles. The van der Waals surface area contributed by atoms with Gasteiger partial charge in [-0.2, -0.15) is 0 Å². The Kier molecular flexibility index (Phi) is 3.33. The van der Waals surface area contributed by atoms with Gasteiger partial charge < -0.3 is 10.4 Å². The van der Waals surface area contributed by atoms with Gasteiger partial charge in [0, 0.05) is 10.2 Å². The van der Waals surface area contributed by atoms with Crippen LogP contribution in [-0.2, 0) is 12.0 Å². The highest BCUT2D eigenvalue weighted by Gasteiger charge is 2.38. The molecule has 1 aliphatic carbocycles. The molecule has 19 heavy (non-hydrogen) atoms. The smallest absolute Gasteiger partial charge is 0.0862 e. The maximum Gasteiger partial charge on any atom is 0.0862 e. The van der Waals surface area contributed by atoms with E-state index < -0.39 is 0 Å². The molecule has 1 unspecified atom stereocenters. The van der Waals surface area contributed by atoms with Crippen molar-refractivity contribution in [2.45, 2.75) is 18.4 Å². The highest BCUT2D eigenvalue weighted by atomic mass is 79.9. The van der Waals surface area contributed by atoms with Crippen LogP contribution in [0.5, 0.6) is 0 Å². The zero-order valence-corrected chi connectivity index (χ0v) is 12.2. The van der Waals surface area contributed by atoms with E-state index in [2.05, 4.69) is 39.4 Å². The average molecular weight is 318 g/mol. The Bertz CT molecular complexity index is 599. The maximum atomic E-state index is 9.94. The van der Waals surface area contributed by atoms with Crippen molar-refractivity contribution in [1.29, 1.82) is 0 Å². The number of aliphatic hydroxyl groups excluding tert-OH is 1. The standard InChI is InChI=1S/C16H16BrNO/c17-14-7-3-4-8-15(14)18-16(11-19)10-9-12-5-1-2-6-13(12)16/h1-8,18-19H,9-11H2. The highest BCUT2D eigenvalue weighted by Crippen LogP contribution is 2.40. The molecule has 0 saturated carbocycles. The van der Waals surface area contributed by atoms with E-state index in [0.29, 0.717) is 0 Å². The molecule has 2 N–H and O–H groups in total. The topological polar surface area (TPSA) is 32.3 Å². The second-order valence-corrected chi connectivity index (χ2v) is 5.86. The lowest BCUT2D eigenvalue weighted by atomic mass is 9.92. The van der Waals surface area contributed by atoms with Crippen LogP contribution in [0.25, 0.3) is 0 Å². The van der Waals surface area contributed by atoms with Crippen molar-refractivity contribution >= 4 is 21.6 Å². The van der Waals surface area contributed by atoms with Gasteiger partial charge in [0.05, 0.1) is 12.1 Å². The Labute approximate surface area is 121 Å². The molecule has 0 spiro atoms. The predicted octanol–water partition coefficient (Wildman–Crippen LogP) is 3.70. The van der Waals surface area contributed by atoms with Crippen molar-refractivity contribution in [3.8, 4) is 0 Å². The van der Waals surface area contributed by atoms with E-state index >= 15 is 0 Å². The van der Waals surface area contributed by atoms with E-state index in [1.54, 1.807) is 0 Å². The van der Waals surface area contributed by atoms with Crippen LogP contribution < -0.4 is 5.32 Å². The number of halogens is 1. The molecule has 98 valence electrons. The molecule has 2 aromatic carbocycles. The number of rotatable bonds is 3. The SMILES string of the molecule is OCC1(Nc2ccccc2Br)CCc2ccccc21. The first-order chi connectivity index (χ1) is 9.25. The van der Waals surface area contributed by atoms with Gasteiger partial charge in [-0.05, 0) is 52.0 Å². The summed E-state index contributed by atoms with van der Waals surface area (Å²) in [7, 11) is 0. The Morgan fingerprint density at radius 3 is 2.63 bits per heavy atom. The van der Waals surface area contributed by atoms with Crippen LogP contribution in [0.15, 0.2) is 53.0 Å². The molecular weight excluding hydrogens is 302 g/mol. The van der Waals surface area contributed by atoms with Gasteiger partial charge in [0.1, 0.15) is 0 Å². The van der Waals surface area contributed by atoms with E-state index in [9.17, 15) is 5.11 Å². The van der Waals surface area contributed by atoms with Crippen LogP contribution >= 0.6 is 15.9 Å². The van der Waals surface area contributed by atoms with Gasteiger partial charge in [-0.15, -0.1) is 0 Å². The van der Waals surface area contributed by atoms with Crippen LogP contribution in [0.1, 0.15) is 17.5 Å². The second-order valence-electron chi connectivity index (χ2n) is 5.00. The van der Waals surface area contributed by atoms with Gasteiger partial charge in [0.2, 0.25) is 0 Å². The highest BCUT2D eigenvalue weighted by molar-refractivity contribution is 9.10. The summed E-state index contributed by atoms with van der Waals surface area (Å²) < 4.78 is 1.02. The molecule has 0 fully saturated rings. The monoisotopic (exact) mass is 317 g/mol. The molecule has 3 heteroatoms. The maximum absolute atomic E-state index is 9.94. The van der Waals surface area contributed by atoms with Gasteiger partial charge in [0.15, 0.2) is 0 Å². The average Bonchev–Trinajstić information content (AvgIpc) is 2.81. The summed E-state index contributed by atoms with van der Waals surface area (Å²) in [5.41, 5.74) is 3.21. The van der Waals surface area contributed by atoms with Gasteiger partial charge in [0.25, 0.3) is 0 Å². The molecule has 3 rings (SSSR count). The van der Waals surface area contributed by atoms with Crippen LogP contribution in [0.4, 0.5) is 5.69 Å². The molecule has 0 heterocycles. The minimum Gasteiger partial charge on any atom is -0.394 e. The minimum absolute atomic E-state index is 0.103. The zero-order valence-electron chi connectivity index (χ0n) is 10.6. The lowest BCUT2D eigenvalue weighted by Crippen LogP contribution is -2.37. The third-order valence-corrected chi connectivity index (χ3v) is 4.56. The molecule has 0 radical (unpaired) electrons. The number of hydrogen-bond donors (Lipinski definition) is 2. The fraction of sp³-hybridized carbons (Fsp3) is 0.250. The third-order valence-electron chi connectivity index (χ3n) is 3.87. The summed E-state index contributed by atoms with van der Waals surface area (Å²) in [5.74, 6) is 0. The Morgan fingerprint density at radius 1 is 1.11 bits per heavy atom. The Hall–Kier alpha value is -1.32. The first-order valence-corrected chi connectivity index (χ1v) is 7.26. The van der Waals surface area contributed by atoms with E-state index in [-0.39, 0.29) is 12.1 Å². The van der Waals surface area contributed by atoms with Gasteiger partial charge in [-0.3, -0.25) is 0 Å². The first-order valence-electron chi connectivity index (χ1n) is 6.47. The van der Waals surface area contributed by atoms with Crippen LogP contribution in [0, 0.1) is 0 Å². The molecule has 0 aliphatic heterocycles. The number of anilines is 1. The fourth-order valence-corrected chi connectivity index (χ4v) is 3.23. The van der Waals surface area contributed by atoms with Gasteiger partial charge in [-0.25, -0.2) is 0 Å². The lowest BCUT2D eigenvalue weighted by molar-refractivity contribution is 0.211. The Balaban J connectivity index is 2.00. The zero-order chi connectivity index (χ0) is 13.3. The number of aliphatic hydroxyl groups is 1. The number of fused-ring (bicyclic) bond motifs is 1. The second kappa shape index (κ2) is 4.99. The normalized spacial score (nSPS) is 21.2. The molecule has 0 saturated heterocycles. The summed E-state index contributed by atoms with van der Waals surface area (Å²) in [5, 5.41) is 13.5. The van der Waals surface area contributed by atoms with E-state index in [4.69, 9.17) is 0 Å². The number of nitrogens with one attached hydrogen (secondary N) is 1. The number of benzene rings is 2. The van der Waals surface area contributed by atoms with Crippen molar-refractivity contribution in [2.75, 3.05) is 11.9 Å². The molecule has 1 atom stereocenters. The third kappa shape index (κ3) is 2.17. The van der Waals surface area contributed by atoms with Crippen LogP contribution in [0.2, 0.25) is 0 Å². The van der Waals surface area contributed by atoms with E-state index in [1.165, 1.54) is 11.1 Å². The van der Waals surface area contributed by atoms with Gasteiger partial charge >= 0.3 is 0 Å². The molecule has 1 aliphatic rings. The summed E-state index contributed by atoms with van der Waals surface area (Å²) in [6.07, 6.45) is 1.93. The van der Waals surface area contributed by atoms with Crippen molar-refractivity contribution in [3.63, 3.8) is 0 Å². The van der Waals surface area contributed by atoms with E-state index in [0.717, 1.165) is 23.0 Å². The lowest BCUT2D eigenvalue weighted by Gasteiger charge is -2.31. The minimum atomic E-state index is -0.361. The Morgan fingerprint density at radius 2 is 1.84 bits per heavy atom. The summed E-state index contributed by atoms with van der Waals surface area (Å²) in [6, 6.07) is 16.4. The largest absolute Gasteiger partial charge is 0.394 e. The summed E-state index contributed by atoms with van der Waals surface area (Å²) in [6.45, 7) is 0.103. The van der Waals surface area contributed by atoms with Gasteiger partial charge in [-0.1, -0.05) is 36.4 Å². The van der Waals surface area contributed by atoms with Crippen molar-refractivity contribution in [1.82, 2.24) is 0 Å². The van der Waals surface area contributed by atoms with Crippen LogP contribution in [0.3, 0.4) is 0 Å². The quantitative estimate of drug-likeness (QED) is 0.904. The van der Waals surface area contributed by atoms with E-state index in [1.807, 2.05) is 30.3 Å². The van der Waals surface area contributed by atoms with Crippen molar-refractivity contribution < 1.29 is 5.11 Å². The summed E-state index contributed by atoms with van der Waals surface area (Å²) in [4.78, 5) is 0. The fourth-order valence-electron chi connectivity index (χ4n) is 2.84. The van der Waals surface area contributed by atoms with Crippen molar-refractivity contribution in [3.05, 3.63) is 64.1 Å². The molecule has 2 aromatic rings. The van der Waals surface area contributed by atoms with Crippen molar-refractivity contribution in [2.24, 2.45) is 0 Å². The predicted molar refractivity (Wildman–Crippen MR) is 81.3 cm³/mol. The number of aryl methyl sites for hydroxylation is 1. The first kappa shape index (κ1) is 12.7. The molecule has 0 amide bonds. The summed E-state index contributed by atoms with van der Waals surface area (Å²) >= 11 is 3.55. The number of para-hydroxylation sites is 1.